The van der Waals surface area contributed by atoms with E-state index in [1.807, 2.05) is 0 Å². The minimum Gasteiger partial charge on any atom is -0.481 e. The van der Waals surface area contributed by atoms with Gasteiger partial charge < -0.3 is 30.9 Å². The molecule has 5 N–H and O–H groups in total. The van der Waals surface area contributed by atoms with Crippen LogP contribution in [0.4, 0.5) is 9.59 Å². The highest BCUT2D eigenvalue weighted by molar-refractivity contribution is 6.06. The zero-order chi connectivity index (χ0) is 28.3. The van der Waals surface area contributed by atoms with Crippen molar-refractivity contribution >= 4 is 41.8 Å². The minimum atomic E-state index is -1.67. The van der Waals surface area contributed by atoms with E-state index >= 15 is 0 Å². The van der Waals surface area contributed by atoms with Crippen LogP contribution < -0.4 is 16.0 Å². The lowest BCUT2D eigenvalue weighted by molar-refractivity contribution is -0.172. The van der Waals surface area contributed by atoms with Crippen LogP contribution >= 0.6 is 0 Å². The maximum atomic E-state index is 13.6. The maximum absolute atomic E-state index is 13.6. The van der Waals surface area contributed by atoms with Gasteiger partial charge >= 0.3 is 24.1 Å². The van der Waals surface area contributed by atoms with Crippen molar-refractivity contribution in [3.8, 4) is 0 Å². The fourth-order valence-corrected chi connectivity index (χ4v) is 3.67. The molecule has 37 heavy (non-hydrogen) atoms. The molecule has 0 bridgehead atoms. The van der Waals surface area contributed by atoms with Crippen LogP contribution in [0, 0.1) is 5.92 Å². The summed E-state index contributed by atoms with van der Waals surface area (Å²) in [6, 6.07) is -5.25. The monoisotopic (exact) mass is 529 g/mol. The Kier molecular flexibility index (Phi) is 12.3. The van der Waals surface area contributed by atoms with Gasteiger partial charge in [-0.15, -0.1) is 0 Å². The third kappa shape index (κ3) is 8.91. The lowest BCUT2D eigenvalue weighted by atomic mass is 10.0. The number of carboxylic acid groups (broad SMARTS) is 2. The number of rotatable bonds is 15. The van der Waals surface area contributed by atoms with Crippen molar-refractivity contribution in [3.05, 3.63) is 0 Å². The standard InChI is InChI=1S/C22H35N5O10/c1-5-15(28)24-14(9-10-16(29)30)18(31)26(17(12(2)3)20(33)34)27-19(32)13(25-21(27)35)8-6-7-11-23-22(36)37-4/h12-14,17H,5-11H2,1-4H3,(H,23,36)(H,24,28)(H,25,35)(H,29,30)(H,33,34)/t13-,14-,17-/m0/s1. The number of urea groups is 1. The molecule has 1 aliphatic rings. The number of carboxylic acids is 2. The number of aliphatic carboxylic acids is 2. The van der Waals surface area contributed by atoms with Gasteiger partial charge in [0, 0.05) is 19.4 Å². The van der Waals surface area contributed by atoms with Gasteiger partial charge in [0.25, 0.3) is 11.8 Å². The van der Waals surface area contributed by atoms with Crippen molar-refractivity contribution in [2.75, 3.05) is 13.7 Å². The Balaban J connectivity index is 3.23. The first-order chi connectivity index (χ1) is 17.3. The summed E-state index contributed by atoms with van der Waals surface area (Å²) in [6.45, 7) is 4.70. The zero-order valence-corrected chi connectivity index (χ0v) is 21.3. The molecule has 0 aromatic heterocycles. The van der Waals surface area contributed by atoms with Crippen molar-refractivity contribution in [1.82, 2.24) is 26.0 Å². The molecular formula is C22H35N5O10. The second-order valence-corrected chi connectivity index (χ2v) is 8.68. The van der Waals surface area contributed by atoms with Gasteiger partial charge in [-0.25, -0.2) is 19.4 Å². The summed E-state index contributed by atoms with van der Waals surface area (Å²) in [4.78, 5) is 86.0. The van der Waals surface area contributed by atoms with Crippen LogP contribution in [0.3, 0.4) is 0 Å². The van der Waals surface area contributed by atoms with Crippen LogP contribution in [0.25, 0.3) is 0 Å². The van der Waals surface area contributed by atoms with E-state index in [0.29, 0.717) is 22.9 Å². The van der Waals surface area contributed by atoms with Gasteiger partial charge in [-0.1, -0.05) is 20.8 Å². The number of ether oxygens (including phenoxy) is 1. The summed E-state index contributed by atoms with van der Waals surface area (Å²) < 4.78 is 4.45. The first kappa shape index (κ1) is 31.1. The van der Waals surface area contributed by atoms with Gasteiger partial charge in [-0.05, 0) is 31.6 Å². The summed E-state index contributed by atoms with van der Waals surface area (Å²) in [5.41, 5.74) is 0. The summed E-state index contributed by atoms with van der Waals surface area (Å²) in [5, 5.41) is 27.1. The number of hydrazine groups is 1. The Bertz CT molecular complexity index is 893. The highest BCUT2D eigenvalue weighted by atomic mass is 16.5. The minimum absolute atomic E-state index is 0.0422. The average Bonchev–Trinajstić information content (AvgIpc) is 3.10. The maximum Gasteiger partial charge on any atom is 0.406 e. The van der Waals surface area contributed by atoms with E-state index < -0.39 is 72.2 Å². The average molecular weight is 530 g/mol. The van der Waals surface area contributed by atoms with E-state index in [1.165, 1.54) is 27.9 Å². The Labute approximate surface area is 213 Å². The SMILES string of the molecule is CCC(=O)N[C@@H](CCC(=O)O)C(=O)N([C@H](C(=O)O)C(C)C)N1C(=O)N[C@@H](CCCCNC(=O)OC)C1=O. The number of carbonyl (C=O) groups excluding carboxylic acids is 5. The van der Waals surface area contributed by atoms with Crippen molar-refractivity contribution in [2.45, 2.75) is 77.4 Å². The van der Waals surface area contributed by atoms with E-state index in [-0.39, 0.29) is 25.8 Å². The first-order valence-electron chi connectivity index (χ1n) is 11.9. The molecule has 0 aromatic carbocycles. The van der Waals surface area contributed by atoms with Crippen molar-refractivity contribution in [3.63, 3.8) is 0 Å². The topological polar surface area (TPSA) is 212 Å². The Hall–Kier alpha value is -3.91. The van der Waals surface area contributed by atoms with Crippen LogP contribution in [-0.2, 0) is 28.7 Å². The number of alkyl carbamates (subject to hydrolysis) is 1. The second-order valence-electron chi connectivity index (χ2n) is 8.68. The number of hydrogen-bond donors (Lipinski definition) is 5. The van der Waals surface area contributed by atoms with Gasteiger partial charge in [-0.3, -0.25) is 19.2 Å². The number of carbonyl (C=O) groups is 7. The van der Waals surface area contributed by atoms with E-state index in [1.54, 1.807) is 0 Å². The highest BCUT2D eigenvalue weighted by Gasteiger charge is 2.49. The predicted molar refractivity (Wildman–Crippen MR) is 126 cm³/mol. The lowest BCUT2D eigenvalue weighted by Crippen LogP contribution is -2.63. The zero-order valence-electron chi connectivity index (χ0n) is 21.3. The molecule has 1 rings (SSSR count). The fourth-order valence-electron chi connectivity index (χ4n) is 3.67. The Morgan fingerprint density at radius 1 is 1.14 bits per heavy atom. The van der Waals surface area contributed by atoms with Crippen LogP contribution in [0.2, 0.25) is 0 Å². The van der Waals surface area contributed by atoms with Crippen LogP contribution in [0.5, 0.6) is 0 Å². The number of hydrogen-bond acceptors (Lipinski definition) is 8. The lowest BCUT2D eigenvalue weighted by Gasteiger charge is -2.37. The number of amides is 6. The molecule has 1 saturated heterocycles. The number of imide groups is 1. The molecule has 3 atom stereocenters. The summed E-state index contributed by atoms with van der Waals surface area (Å²) in [7, 11) is 1.21. The third-order valence-corrected chi connectivity index (χ3v) is 5.56. The summed E-state index contributed by atoms with van der Waals surface area (Å²) in [6.07, 6.45) is -0.604. The Morgan fingerprint density at radius 3 is 2.30 bits per heavy atom. The molecule has 0 spiro atoms. The molecule has 1 heterocycles. The van der Waals surface area contributed by atoms with Gasteiger partial charge in [0.15, 0.2) is 6.04 Å². The number of methoxy groups -OCH3 is 1. The molecule has 0 aromatic rings. The van der Waals surface area contributed by atoms with Crippen molar-refractivity contribution in [2.24, 2.45) is 5.92 Å². The second kappa shape index (κ2) is 14.6. The van der Waals surface area contributed by atoms with Gasteiger partial charge in [0.05, 0.1) is 7.11 Å². The molecule has 6 amide bonds. The smallest absolute Gasteiger partial charge is 0.406 e. The van der Waals surface area contributed by atoms with Crippen LogP contribution in [0.1, 0.15) is 59.3 Å². The molecule has 15 nitrogen and oxygen atoms in total. The van der Waals surface area contributed by atoms with E-state index in [9.17, 15) is 38.7 Å². The third-order valence-electron chi connectivity index (χ3n) is 5.56. The van der Waals surface area contributed by atoms with E-state index in [0.717, 1.165) is 0 Å². The quantitative estimate of drug-likeness (QED) is 0.142. The molecule has 0 radical (unpaired) electrons. The van der Waals surface area contributed by atoms with Crippen LogP contribution in [0.15, 0.2) is 0 Å². The molecule has 208 valence electrons. The normalized spacial score (nSPS) is 16.6. The predicted octanol–water partition coefficient (Wildman–Crippen LogP) is 0.0455. The number of nitrogens with zero attached hydrogens (tertiary/aromatic N) is 2. The molecule has 0 saturated carbocycles. The van der Waals surface area contributed by atoms with Gasteiger partial charge in [-0.2, -0.15) is 5.01 Å². The first-order valence-corrected chi connectivity index (χ1v) is 11.9. The van der Waals surface area contributed by atoms with Crippen molar-refractivity contribution in [1.29, 1.82) is 0 Å². The molecular weight excluding hydrogens is 494 g/mol. The summed E-state index contributed by atoms with van der Waals surface area (Å²) in [5.74, 6) is -6.10. The number of nitrogens with one attached hydrogen (secondary N) is 3. The van der Waals surface area contributed by atoms with Gasteiger partial charge in [0.1, 0.15) is 12.1 Å². The largest absolute Gasteiger partial charge is 0.481 e. The number of unbranched alkanes of at least 4 members (excludes halogenated alkanes) is 1. The van der Waals surface area contributed by atoms with E-state index in [4.69, 9.17) is 5.11 Å². The highest BCUT2D eigenvalue weighted by Crippen LogP contribution is 2.23. The Morgan fingerprint density at radius 2 is 1.78 bits per heavy atom. The van der Waals surface area contributed by atoms with Crippen LogP contribution in [-0.4, -0.2) is 93.8 Å². The molecule has 1 aliphatic heterocycles. The molecule has 0 aliphatic carbocycles. The molecule has 15 heteroatoms. The summed E-state index contributed by atoms with van der Waals surface area (Å²) >= 11 is 0. The van der Waals surface area contributed by atoms with E-state index in [2.05, 4.69) is 20.7 Å². The van der Waals surface area contributed by atoms with Gasteiger partial charge in [0.2, 0.25) is 5.91 Å². The van der Waals surface area contributed by atoms with Crippen molar-refractivity contribution < 1.29 is 48.5 Å². The fraction of sp³-hybridized carbons (Fsp3) is 0.682. The molecule has 0 unspecified atom stereocenters. The molecule has 1 fully saturated rings.